The van der Waals surface area contributed by atoms with Gasteiger partial charge < -0.3 is 25.0 Å². The van der Waals surface area contributed by atoms with Crippen LogP contribution in [0.1, 0.15) is 113 Å². The monoisotopic (exact) mass is 450 g/mol. The average molecular weight is 451 g/mol. The lowest BCUT2D eigenvalue weighted by atomic mass is 9.96. The minimum Gasteiger partial charge on any atom is -0.384 e. The number of hydrogen-bond donors (Lipinski definition) is 2. The molecule has 0 atom stereocenters. The molecule has 0 aromatic heterocycles. The van der Waals surface area contributed by atoms with E-state index in [4.69, 9.17) is 0 Å². The van der Waals surface area contributed by atoms with Crippen molar-refractivity contribution in [2.75, 3.05) is 27.8 Å². The van der Waals surface area contributed by atoms with Crippen LogP contribution in [0, 0.1) is 0 Å². The largest absolute Gasteiger partial charge is 0.384 e. The molecular weight excluding hydrogens is 392 g/mol. The summed E-state index contributed by atoms with van der Waals surface area (Å²) >= 11 is 0. The number of amides is 1. The first-order chi connectivity index (χ1) is 15.0. The Balaban J connectivity index is -0.0000000646. The topological polar surface area (TPSA) is 84.5 Å². The lowest BCUT2D eigenvalue weighted by Crippen LogP contribution is -2.29. The first-order valence-electron chi connectivity index (χ1n) is 12.2. The molecule has 2 N–H and O–H groups in total. The van der Waals surface area contributed by atoms with E-state index in [0.29, 0.717) is 24.9 Å². The third kappa shape index (κ3) is 73.3. The minimum atomic E-state index is 0.307. The molecule has 192 valence electrons. The Labute approximate surface area is 195 Å². The van der Waals surface area contributed by atoms with Gasteiger partial charge in [0.05, 0.1) is 6.61 Å². The van der Waals surface area contributed by atoms with E-state index in [1.54, 1.807) is 14.0 Å². The van der Waals surface area contributed by atoms with Crippen molar-refractivity contribution in [3.63, 3.8) is 0 Å². The molecule has 1 amide bonds. The van der Waals surface area contributed by atoms with Crippen LogP contribution < -0.4 is 10.6 Å². The van der Waals surface area contributed by atoms with Crippen LogP contribution in [0.3, 0.4) is 0 Å². The SMILES string of the molecule is CC.CC.CC.CCCCC(C)=O.CNC.COCCC=O.O=CNC1CCCCC1. The third-order valence-electron chi connectivity index (χ3n) is 3.23. The summed E-state index contributed by atoms with van der Waals surface area (Å²) in [6, 6.07) is 0.483. The maximum atomic E-state index is 10.2. The van der Waals surface area contributed by atoms with Crippen LogP contribution >= 0.6 is 0 Å². The predicted molar refractivity (Wildman–Crippen MR) is 138 cm³/mol. The Morgan fingerprint density at radius 3 is 1.65 bits per heavy atom. The van der Waals surface area contributed by atoms with Crippen molar-refractivity contribution in [1.29, 1.82) is 0 Å². The fourth-order valence-electron chi connectivity index (χ4n) is 1.96. The van der Waals surface area contributed by atoms with E-state index in [9.17, 15) is 14.4 Å². The number of rotatable bonds is 8. The van der Waals surface area contributed by atoms with Crippen molar-refractivity contribution in [2.45, 2.75) is 119 Å². The van der Waals surface area contributed by atoms with Crippen LogP contribution in [0.15, 0.2) is 0 Å². The van der Waals surface area contributed by atoms with Crippen LogP contribution in [-0.4, -0.2) is 52.3 Å². The zero-order valence-corrected chi connectivity index (χ0v) is 22.9. The summed E-state index contributed by atoms with van der Waals surface area (Å²) in [5, 5.41) is 5.55. The van der Waals surface area contributed by atoms with E-state index < -0.39 is 0 Å². The summed E-state index contributed by atoms with van der Waals surface area (Å²) in [6.07, 6.45) is 11.4. The van der Waals surface area contributed by atoms with E-state index in [2.05, 4.69) is 22.3 Å². The number of aldehydes is 1. The number of unbranched alkanes of at least 4 members (excludes halogenated alkanes) is 1. The zero-order valence-electron chi connectivity index (χ0n) is 22.9. The smallest absolute Gasteiger partial charge is 0.207 e. The summed E-state index contributed by atoms with van der Waals surface area (Å²) in [5.41, 5.74) is 0. The third-order valence-corrected chi connectivity index (χ3v) is 3.23. The van der Waals surface area contributed by atoms with Crippen molar-refractivity contribution < 1.29 is 19.1 Å². The number of carbonyl (C=O) groups excluding carboxylic acids is 3. The molecule has 0 aliphatic heterocycles. The fraction of sp³-hybridized carbons (Fsp3) is 0.880. The van der Waals surface area contributed by atoms with E-state index in [-0.39, 0.29) is 0 Å². The summed E-state index contributed by atoms with van der Waals surface area (Å²) in [6.45, 7) is 16.3. The maximum Gasteiger partial charge on any atom is 0.207 e. The highest BCUT2D eigenvalue weighted by Crippen LogP contribution is 2.16. The zero-order chi connectivity index (χ0) is 25.8. The molecule has 31 heavy (non-hydrogen) atoms. The molecular formula is C25H58N2O4. The van der Waals surface area contributed by atoms with Gasteiger partial charge >= 0.3 is 0 Å². The van der Waals surface area contributed by atoms with E-state index in [1.165, 1.54) is 32.1 Å². The van der Waals surface area contributed by atoms with Gasteiger partial charge in [-0.05, 0) is 40.3 Å². The Hall–Kier alpha value is -1.27. The lowest BCUT2D eigenvalue weighted by molar-refractivity contribution is -0.117. The number of hydrogen-bond acceptors (Lipinski definition) is 5. The summed E-state index contributed by atoms with van der Waals surface area (Å²) in [5.74, 6) is 0.307. The molecule has 1 rings (SSSR count). The predicted octanol–water partition coefficient (Wildman–Crippen LogP) is 5.97. The lowest BCUT2D eigenvalue weighted by Gasteiger charge is -2.19. The molecule has 1 fully saturated rings. The molecule has 1 aliphatic rings. The highest BCUT2D eigenvalue weighted by Gasteiger charge is 2.10. The van der Waals surface area contributed by atoms with Crippen LogP contribution in [0.2, 0.25) is 0 Å². The van der Waals surface area contributed by atoms with Crippen LogP contribution in [-0.2, 0) is 19.1 Å². The summed E-state index contributed by atoms with van der Waals surface area (Å²) < 4.78 is 4.55. The van der Waals surface area contributed by atoms with Gasteiger partial charge in [0, 0.05) is 26.0 Å². The van der Waals surface area contributed by atoms with Gasteiger partial charge in [-0.3, -0.25) is 4.79 Å². The molecule has 0 unspecified atom stereocenters. The van der Waals surface area contributed by atoms with Crippen LogP contribution in [0.25, 0.3) is 0 Å². The summed E-state index contributed by atoms with van der Waals surface area (Å²) in [7, 11) is 5.32. The second kappa shape index (κ2) is 56.8. The highest BCUT2D eigenvalue weighted by atomic mass is 16.5. The number of ether oxygens (including phenoxy) is 1. The maximum absolute atomic E-state index is 10.2. The van der Waals surface area contributed by atoms with Crippen LogP contribution in [0.5, 0.6) is 0 Å². The van der Waals surface area contributed by atoms with Gasteiger partial charge in [-0.1, -0.05) is 74.1 Å². The molecule has 0 spiro atoms. The first kappa shape index (κ1) is 43.6. The molecule has 0 aromatic rings. The first-order valence-corrected chi connectivity index (χ1v) is 12.2. The fourth-order valence-corrected chi connectivity index (χ4v) is 1.96. The van der Waals surface area contributed by atoms with Crippen molar-refractivity contribution in [3.8, 4) is 0 Å². The van der Waals surface area contributed by atoms with Crippen molar-refractivity contribution in [2.24, 2.45) is 0 Å². The molecule has 6 heteroatoms. The average Bonchev–Trinajstić information content (AvgIpc) is 2.82. The van der Waals surface area contributed by atoms with E-state index in [1.807, 2.05) is 55.6 Å². The molecule has 0 saturated heterocycles. The molecule has 0 aromatic carbocycles. The highest BCUT2D eigenvalue weighted by molar-refractivity contribution is 5.75. The number of Topliss-reactive ketones (excluding diaryl/α,β-unsaturated/α-hetero) is 1. The van der Waals surface area contributed by atoms with Gasteiger partial charge in [-0.2, -0.15) is 0 Å². The molecule has 0 heterocycles. The second-order valence-electron chi connectivity index (χ2n) is 5.87. The Bertz CT molecular complexity index is 283. The van der Waals surface area contributed by atoms with Crippen molar-refractivity contribution in [1.82, 2.24) is 10.6 Å². The Kier molecular flexibility index (Phi) is 79.8. The Morgan fingerprint density at radius 1 is 0.968 bits per heavy atom. The van der Waals surface area contributed by atoms with Gasteiger partial charge in [-0.15, -0.1) is 0 Å². The van der Waals surface area contributed by atoms with Crippen molar-refractivity contribution in [3.05, 3.63) is 0 Å². The van der Waals surface area contributed by atoms with Gasteiger partial charge in [0.2, 0.25) is 6.41 Å². The molecule has 1 saturated carbocycles. The van der Waals surface area contributed by atoms with E-state index in [0.717, 1.165) is 32.0 Å². The molecule has 1 aliphatic carbocycles. The van der Waals surface area contributed by atoms with Gasteiger partial charge in [0.1, 0.15) is 12.1 Å². The van der Waals surface area contributed by atoms with E-state index >= 15 is 0 Å². The number of methoxy groups -OCH3 is 1. The normalized spacial score (nSPS) is 10.9. The Morgan fingerprint density at radius 2 is 1.42 bits per heavy atom. The van der Waals surface area contributed by atoms with Gasteiger partial charge in [0.15, 0.2) is 0 Å². The minimum absolute atomic E-state index is 0.307. The van der Waals surface area contributed by atoms with Gasteiger partial charge in [-0.25, -0.2) is 0 Å². The molecule has 0 radical (unpaired) electrons. The number of ketones is 1. The number of nitrogens with one attached hydrogen (secondary N) is 2. The quantitative estimate of drug-likeness (QED) is 0.352. The summed E-state index contributed by atoms with van der Waals surface area (Å²) in [4.78, 5) is 29.6. The van der Waals surface area contributed by atoms with Crippen molar-refractivity contribution >= 4 is 18.5 Å². The second-order valence-corrected chi connectivity index (χ2v) is 5.87. The van der Waals surface area contributed by atoms with Gasteiger partial charge in [0.25, 0.3) is 0 Å². The van der Waals surface area contributed by atoms with Crippen LogP contribution in [0.4, 0.5) is 0 Å². The molecule has 6 nitrogen and oxygen atoms in total. The molecule has 0 bridgehead atoms. The standard InChI is InChI=1S/C7H13NO.C6H12O.C4H8O2.C2H7N.3C2H6/c9-6-8-7-4-2-1-3-5-7;1-3-4-5-6(2)7;1-6-4-2-3-5;1-3-2;3*1-2/h6-7H,1-5H2,(H,8,9);3-5H2,1-2H3;3H,2,4H2,1H3;3H,1-2H3;3*1-2H3. The number of carbonyl (C=O) groups is 3.